The van der Waals surface area contributed by atoms with Crippen LogP contribution in [0.3, 0.4) is 0 Å². The number of hydrogen-bond acceptors (Lipinski definition) is 49. The van der Waals surface area contributed by atoms with Gasteiger partial charge in [0.25, 0.3) is 0 Å². The molecule has 48 nitrogen and oxygen atoms in total. The molecule has 143 heavy (non-hydrogen) atoms. The number of carbonyl (C=O) groups is 10. The Morgan fingerprint density at radius 1 is 0.301 bits per heavy atom. The first-order chi connectivity index (χ1) is 67.5. The van der Waals surface area contributed by atoms with Gasteiger partial charge in [-0.25, -0.2) is 47.9 Å². The molecule has 25 N–H and O–H groups in total. The molecule has 5 atom stereocenters. The van der Waals surface area contributed by atoms with E-state index in [1.807, 2.05) is 17.8 Å². The molecule has 0 aromatic heterocycles. The number of aromatic hydroxyl groups is 25. The number of ether oxygens (including phenoxy) is 11. The van der Waals surface area contributed by atoms with E-state index in [1.165, 1.54) is 21.2 Å². The lowest BCUT2D eigenvalue weighted by Gasteiger charge is -2.43. The van der Waals surface area contributed by atoms with Gasteiger partial charge >= 0.3 is 59.7 Å². The van der Waals surface area contributed by atoms with Crippen molar-refractivity contribution in [2.75, 3.05) is 38.7 Å². The zero-order valence-corrected chi connectivity index (χ0v) is 73.8. The van der Waals surface area contributed by atoms with Gasteiger partial charge in [-0.3, -0.25) is 0 Å². The lowest BCUT2D eigenvalue weighted by Crippen LogP contribution is -2.63. The summed E-state index contributed by atoms with van der Waals surface area (Å²) < 4.78 is 60.4. The van der Waals surface area contributed by atoms with Crippen molar-refractivity contribution in [1.82, 2.24) is 4.90 Å². The van der Waals surface area contributed by atoms with Crippen LogP contribution in [0.1, 0.15) is 110 Å². The third kappa shape index (κ3) is 22.2. The van der Waals surface area contributed by atoms with Crippen LogP contribution in [0.2, 0.25) is 5.02 Å². The van der Waals surface area contributed by atoms with Crippen molar-refractivity contribution < 1.29 is 228 Å². The van der Waals surface area contributed by atoms with Crippen molar-refractivity contribution in [3.05, 3.63) is 224 Å². The number of halogens is 1. The molecule has 0 bridgehead atoms. The van der Waals surface area contributed by atoms with Crippen LogP contribution in [-0.2, 0) is 28.4 Å². The smallest absolute Gasteiger partial charge is 0.343 e. The minimum atomic E-state index is -3.12. The lowest BCUT2D eigenvalue weighted by atomic mass is 9.97. The van der Waals surface area contributed by atoms with E-state index in [-0.39, 0.29) is 0 Å². The summed E-state index contributed by atoms with van der Waals surface area (Å²) in [6.45, 7) is 0.380. The summed E-state index contributed by atoms with van der Waals surface area (Å²) in [5.74, 6) is -56.0. The Morgan fingerprint density at radius 2 is 0.559 bits per heavy atom. The van der Waals surface area contributed by atoms with E-state index in [9.17, 15) is 161 Å². The summed E-state index contributed by atoms with van der Waals surface area (Å²) in [7, 11) is 4.23. The first kappa shape index (κ1) is 101. The molecule has 0 saturated carbocycles. The lowest BCUT2D eigenvalue weighted by molar-refractivity contribution is -0.282. The van der Waals surface area contributed by atoms with Gasteiger partial charge in [0.2, 0.25) is 41.1 Å². The van der Waals surface area contributed by atoms with Gasteiger partial charge in [-0.05, 0) is 179 Å². The summed E-state index contributed by atoms with van der Waals surface area (Å²) >= 11 is 8.03. The van der Waals surface area contributed by atoms with Gasteiger partial charge in [0, 0.05) is 21.4 Å². The molecule has 12 aromatic rings. The van der Waals surface area contributed by atoms with Crippen molar-refractivity contribution in [2.24, 2.45) is 0 Å². The SMILES string of the molecule is CN(C)CCCN1c2ccccc2Sc2ccc(Cl)cc21.O=C(OC[C@H]1O[C@@H](OC(=O)c2cc(O)c(O)c(OC(=O)c3cc(O)c(O)c(O)c3)c2)[C@H](OC(=O)c2cc(O)c(O)c(OC(=O)c3cc(O)c(O)c(O)c3)c2)[C@@H](OC(=O)c2cc(O)c(O)c(OC(=O)c3cc(O)c(O)c(O)c3)c2)[C@@H]1OC(=O)c1cc(O)c(O)c(OC(=O)c2cc(O)c(O)c(O)c2)c1)c1cc(O)c(O)c(OC(=O)c2cc(O)c(O)c(O)c2)c1. The summed E-state index contributed by atoms with van der Waals surface area (Å²) in [4.78, 5) is 150. The molecule has 2 aliphatic rings. The van der Waals surface area contributed by atoms with Crippen molar-refractivity contribution in [3.8, 4) is 172 Å². The third-order valence-electron chi connectivity index (χ3n) is 20.5. The summed E-state index contributed by atoms with van der Waals surface area (Å²) in [6.07, 6.45) is -13.9. The fourth-order valence-corrected chi connectivity index (χ4v) is 14.7. The highest BCUT2D eigenvalue weighted by Crippen LogP contribution is 2.52. The average molecular weight is 2020 g/mol. The van der Waals surface area contributed by atoms with Gasteiger partial charge in [0.15, 0.2) is 156 Å². The number of rotatable bonds is 25. The number of para-hydroxylation sites is 1. The van der Waals surface area contributed by atoms with Gasteiger partial charge in [0.05, 0.1) is 67.0 Å². The van der Waals surface area contributed by atoms with Gasteiger partial charge in [-0.1, -0.05) is 35.5 Å². The fourth-order valence-electron chi connectivity index (χ4n) is 13.4. The molecule has 2 heterocycles. The van der Waals surface area contributed by atoms with E-state index in [4.69, 9.17) is 63.7 Å². The maximum Gasteiger partial charge on any atom is 0.343 e. The highest BCUT2D eigenvalue weighted by atomic mass is 35.5. The van der Waals surface area contributed by atoms with Gasteiger partial charge in [0.1, 0.15) is 12.7 Å². The maximum absolute atomic E-state index is 15.3. The molecule has 12 aromatic carbocycles. The first-order valence-electron chi connectivity index (χ1n) is 40.3. The number of benzene rings is 12. The first-order valence-corrected chi connectivity index (χ1v) is 41.5. The van der Waals surface area contributed by atoms with Crippen LogP contribution in [0.25, 0.3) is 0 Å². The largest absolute Gasteiger partial charge is 0.504 e. The van der Waals surface area contributed by atoms with Crippen LogP contribution >= 0.6 is 23.4 Å². The van der Waals surface area contributed by atoms with Crippen molar-refractivity contribution in [3.63, 3.8) is 0 Å². The normalized spacial score (nSPS) is 14.4. The second-order valence-electron chi connectivity index (χ2n) is 30.6. The van der Waals surface area contributed by atoms with Crippen LogP contribution in [0.15, 0.2) is 174 Å². The fraction of sp³-hybridized carbons (Fsp3) is 0.118. The monoisotopic (exact) mass is 2020 g/mol. The van der Waals surface area contributed by atoms with Crippen LogP contribution in [-0.4, -0.2) is 257 Å². The van der Waals surface area contributed by atoms with Crippen LogP contribution in [0.5, 0.6) is 172 Å². The minimum absolute atomic E-state index is 0.295. The molecule has 0 radical (unpaired) electrons. The molecule has 742 valence electrons. The van der Waals surface area contributed by atoms with Crippen molar-refractivity contribution in [2.45, 2.75) is 46.9 Å². The number of phenolic OH excluding ortho intramolecular Hbond substituents is 25. The number of carbonyl (C=O) groups excluding carboxylic acids is 10. The van der Waals surface area contributed by atoms with E-state index in [2.05, 4.69) is 60.3 Å². The highest BCUT2D eigenvalue weighted by Gasteiger charge is 2.55. The van der Waals surface area contributed by atoms with E-state index in [0.717, 1.165) is 24.5 Å². The molecule has 1 saturated heterocycles. The number of phenols is 25. The molecule has 50 heteroatoms. The van der Waals surface area contributed by atoms with Gasteiger partial charge in [-0.2, -0.15) is 0 Å². The minimum Gasteiger partial charge on any atom is -0.504 e. The predicted molar refractivity (Wildman–Crippen MR) is 475 cm³/mol. The molecule has 1 fully saturated rings. The molecular weight excluding hydrogens is 1950 g/mol. The van der Waals surface area contributed by atoms with E-state index in [0.29, 0.717) is 121 Å². The highest BCUT2D eigenvalue weighted by molar-refractivity contribution is 7.99. The average Bonchev–Trinajstić information content (AvgIpc) is 0.766. The second kappa shape index (κ2) is 41.3. The van der Waals surface area contributed by atoms with Crippen LogP contribution < -0.4 is 28.6 Å². The Morgan fingerprint density at radius 3 is 0.867 bits per heavy atom. The van der Waals surface area contributed by atoms with Gasteiger partial charge in [-0.15, -0.1) is 0 Å². The number of fused-ring (bicyclic) bond motifs is 2. The van der Waals surface area contributed by atoms with E-state index < -0.39 is 325 Å². The molecule has 0 aliphatic carbocycles. The number of anilines is 2. The predicted octanol–water partition coefficient (Wildman–Crippen LogP) is 9.73. The Balaban J connectivity index is 0.000000717. The van der Waals surface area contributed by atoms with Crippen molar-refractivity contribution >= 4 is 94.4 Å². The van der Waals surface area contributed by atoms with E-state index in [1.54, 1.807) is 0 Å². The number of nitrogens with zero attached hydrogens (tertiary/aromatic N) is 2. The standard InChI is InChI=1S/C76H52O46.C17H19ClN2S/c77-32-1-22(2-33(78)53(32)92)67(103)113-47-16-27(11-42(87)58(47)97)66(102)112-21-52-63(119-72(108)28-12-43(88)59(98)48(17-28)114-68(104)23-3-34(79)54(93)35(80)4-23)64(120-73(109)29-13-44(89)60(99)49(18-29)115-69(105)24-5-36(81)55(94)37(82)6-24)65(121-74(110)30-14-45(90)61(100)50(19-30)116-70(106)25-7-38(83)56(95)39(84)8-25)76(118-52)122-75(111)31-15-46(91)62(101)51(20-31)117-71(107)26-9-40(85)57(96)41(86)10-26;1-19(2)10-5-11-20-14-6-3-4-7-16(14)21-17-9-8-13(18)12-15(17)20/h1-20,52,63-65,76-101H,21H2;3-4,6-9,12H,5,10-11H2,1-2H3/t52-,63-,64+,65-,76+;/m1./s1. The van der Waals surface area contributed by atoms with Gasteiger partial charge < -0.3 is 190 Å². The third-order valence-corrected chi connectivity index (χ3v) is 21.9. The Labute approximate surface area is 805 Å². The molecule has 0 amide bonds. The van der Waals surface area contributed by atoms with Crippen molar-refractivity contribution in [1.29, 1.82) is 0 Å². The van der Waals surface area contributed by atoms with Crippen LogP contribution in [0, 0.1) is 0 Å². The molecule has 0 unspecified atom stereocenters. The summed E-state index contributed by atoms with van der Waals surface area (Å²) in [5, 5.41) is 262. The Bertz CT molecular complexity index is 7110. The number of esters is 10. The Kier molecular flexibility index (Phi) is 29.2. The Hall–Kier alpha value is -19.3. The van der Waals surface area contributed by atoms with E-state index >= 15 is 14.4 Å². The number of hydrogen-bond donors (Lipinski definition) is 25. The zero-order chi connectivity index (χ0) is 104. The van der Waals surface area contributed by atoms with Crippen LogP contribution in [0.4, 0.5) is 11.4 Å². The molecule has 0 spiro atoms. The zero-order valence-electron chi connectivity index (χ0n) is 72.2. The maximum atomic E-state index is 15.3. The molecule has 14 rings (SSSR count). The quantitative estimate of drug-likeness (QED) is 0.0109. The molecular formula is C93H71ClN2O46S. The summed E-state index contributed by atoms with van der Waals surface area (Å²) in [6, 6.07) is 23.3. The summed E-state index contributed by atoms with van der Waals surface area (Å²) in [5.41, 5.74) is -7.37. The second-order valence-corrected chi connectivity index (χ2v) is 32.1. The molecule has 2 aliphatic heterocycles. The topological polar surface area (TPSA) is 784 Å².